The summed E-state index contributed by atoms with van der Waals surface area (Å²) < 4.78 is 18.5. The largest absolute Gasteiger partial charge is 0.459 e. The Morgan fingerprint density at radius 1 is 1.02 bits per heavy atom. The number of likely N-dealkylation sites (N-methyl/N-ethyl adjacent to an activating group) is 2. The quantitative estimate of drug-likeness (QED) is 0.285. The predicted molar refractivity (Wildman–Crippen MR) is 179 cm³/mol. The van der Waals surface area contributed by atoms with Crippen LogP contribution in [0.25, 0.3) is 0 Å². The minimum Gasteiger partial charge on any atom is -0.459 e. The van der Waals surface area contributed by atoms with Crippen LogP contribution < -0.4 is 0 Å². The molecule has 0 spiro atoms. The van der Waals surface area contributed by atoms with E-state index in [1.54, 1.807) is 27.7 Å². The molecule has 2 heterocycles. The third-order valence-electron chi connectivity index (χ3n) is 10.6. The summed E-state index contributed by atoms with van der Waals surface area (Å²) in [5.41, 5.74) is -2.18. The fourth-order valence-corrected chi connectivity index (χ4v) is 7.65. The van der Waals surface area contributed by atoms with E-state index in [0.29, 0.717) is 19.5 Å². The van der Waals surface area contributed by atoms with E-state index in [4.69, 9.17) is 14.2 Å². The number of hydrogen-bond acceptors (Lipinski definition) is 11. The Hall–Kier alpha value is -1.67. The van der Waals surface area contributed by atoms with E-state index in [1.165, 1.54) is 13.8 Å². The van der Waals surface area contributed by atoms with Gasteiger partial charge in [-0.05, 0) is 79.5 Å². The molecule has 14 atom stereocenters. The molecule has 2 aliphatic rings. The van der Waals surface area contributed by atoms with Crippen molar-refractivity contribution in [1.29, 1.82) is 0 Å². The highest BCUT2D eigenvalue weighted by molar-refractivity contribution is 5.73. The molecule has 0 saturated carbocycles. The number of carbonyl (C=O) groups is 1. The molecular formula is C36H62N2O9. The highest BCUT2D eigenvalue weighted by Gasteiger charge is 2.50. The molecule has 47 heavy (non-hydrogen) atoms. The maximum absolute atomic E-state index is 13.4. The van der Waals surface area contributed by atoms with Crippen molar-refractivity contribution in [3.8, 4) is 0 Å². The summed E-state index contributed by atoms with van der Waals surface area (Å²) in [6, 6.07) is 9.17. The van der Waals surface area contributed by atoms with Crippen molar-refractivity contribution in [3.63, 3.8) is 0 Å². The second kappa shape index (κ2) is 16.4. The van der Waals surface area contributed by atoms with Gasteiger partial charge < -0.3 is 44.6 Å². The summed E-state index contributed by atoms with van der Waals surface area (Å²) in [4.78, 5) is 17.4. The lowest BCUT2D eigenvalue weighted by molar-refractivity contribution is -0.300. The molecule has 2 aliphatic heterocycles. The van der Waals surface area contributed by atoms with Gasteiger partial charge in [0.15, 0.2) is 6.29 Å². The molecule has 5 N–H and O–H groups in total. The number of carbonyl (C=O) groups excluding carboxylic acids is 1. The first-order valence-electron chi connectivity index (χ1n) is 17.3. The molecule has 0 amide bonds. The number of aliphatic hydroxyl groups is 5. The van der Waals surface area contributed by atoms with E-state index in [0.717, 1.165) is 5.56 Å². The van der Waals surface area contributed by atoms with Gasteiger partial charge in [0.05, 0.1) is 29.8 Å². The van der Waals surface area contributed by atoms with Crippen molar-refractivity contribution in [2.24, 2.45) is 17.8 Å². The lowest BCUT2D eigenvalue weighted by atomic mass is 9.78. The van der Waals surface area contributed by atoms with Gasteiger partial charge in [-0.2, -0.15) is 0 Å². The average Bonchev–Trinajstić information content (AvgIpc) is 3.01. The molecule has 0 aromatic heterocycles. The Morgan fingerprint density at radius 3 is 2.23 bits per heavy atom. The van der Waals surface area contributed by atoms with Gasteiger partial charge in [0.25, 0.3) is 0 Å². The van der Waals surface area contributed by atoms with Crippen LogP contribution in [0, 0.1) is 17.8 Å². The lowest BCUT2D eigenvalue weighted by Crippen LogP contribution is -2.59. The van der Waals surface area contributed by atoms with Gasteiger partial charge in [0.1, 0.15) is 23.9 Å². The highest BCUT2D eigenvalue weighted by Crippen LogP contribution is 2.37. The van der Waals surface area contributed by atoms with Crippen molar-refractivity contribution >= 4 is 5.97 Å². The van der Waals surface area contributed by atoms with Crippen LogP contribution in [0.2, 0.25) is 0 Å². The Labute approximate surface area is 281 Å². The Kier molecular flexibility index (Phi) is 13.8. The average molecular weight is 667 g/mol. The summed E-state index contributed by atoms with van der Waals surface area (Å²) in [6.45, 7) is 14.9. The van der Waals surface area contributed by atoms with Gasteiger partial charge in [-0.3, -0.25) is 9.69 Å². The van der Waals surface area contributed by atoms with Crippen LogP contribution in [0.5, 0.6) is 0 Å². The molecule has 0 unspecified atom stereocenters. The van der Waals surface area contributed by atoms with Crippen molar-refractivity contribution < 1.29 is 44.5 Å². The molecule has 0 radical (unpaired) electrons. The van der Waals surface area contributed by atoms with Crippen molar-refractivity contribution in [1.82, 2.24) is 9.80 Å². The summed E-state index contributed by atoms with van der Waals surface area (Å²) in [5, 5.41) is 58.0. The molecule has 3 rings (SSSR count). The van der Waals surface area contributed by atoms with Gasteiger partial charge in [0, 0.05) is 31.1 Å². The van der Waals surface area contributed by atoms with Gasteiger partial charge in [-0.1, -0.05) is 51.1 Å². The van der Waals surface area contributed by atoms with Gasteiger partial charge in [0.2, 0.25) is 0 Å². The first kappa shape index (κ1) is 39.8. The van der Waals surface area contributed by atoms with Crippen molar-refractivity contribution in [2.75, 3.05) is 20.6 Å². The van der Waals surface area contributed by atoms with Crippen LogP contribution in [-0.4, -0.2) is 128 Å². The number of rotatable bonds is 6. The number of esters is 1. The van der Waals surface area contributed by atoms with E-state index >= 15 is 0 Å². The summed E-state index contributed by atoms with van der Waals surface area (Å²) in [5.74, 6) is -2.72. The molecule has 1 aromatic rings. The molecule has 2 saturated heterocycles. The smallest absolute Gasteiger partial charge is 0.311 e. The van der Waals surface area contributed by atoms with Gasteiger partial charge >= 0.3 is 5.97 Å². The molecule has 11 heteroatoms. The number of aliphatic hydroxyl groups excluding tert-OH is 3. The Balaban J connectivity index is 1.96. The second-order valence-electron chi connectivity index (χ2n) is 15.1. The first-order valence-corrected chi connectivity index (χ1v) is 17.3. The minimum atomic E-state index is -1.76. The molecule has 1 aromatic carbocycles. The summed E-state index contributed by atoms with van der Waals surface area (Å²) in [7, 11) is 3.79. The number of cyclic esters (lactones) is 1. The molecular weight excluding hydrogens is 604 g/mol. The van der Waals surface area contributed by atoms with Crippen LogP contribution in [0.1, 0.15) is 80.2 Å². The first-order chi connectivity index (χ1) is 21.8. The van der Waals surface area contributed by atoms with Crippen molar-refractivity contribution in [2.45, 2.75) is 147 Å². The summed E-state index contributed by atoms with van der Waals surface area (Å²) >= 11 is 0. The van der Waals surface area contributed by atoms with Gasteiger partial charge in [-0.25, -0.2) is 0 Å². The molecule has 11 nitrogen and oxygen atoms in total. The van der Waals surface area contributed by atoms with E-state index < -0.39 is 71.9 Å². The fraction of sp³-hybridized carbons (Fsp3) is 0.806. The zero-order valence-electron chi connectivity index (χ0n) is 30.1. The third-order valence-corrected chi connectivity index (χ3v) is 10.6. The Morgan fingerprint density at radius 2 is 1.64 bits per heavy atom. The predicted octanol–water partition coefficient (Wildman–Crippen LogP) is 2.55. The van der Waals surface area contributed by atoms with E-state index in [1.807, 2.05) is 63.2 Å². The maximum atomic E-state index is 13.4. The molecule has 2 fully saturated rings. The molecule has 0 aliphatic carbocycles. The van der Waals surface area contributed by atoms with Crippen LogP contribution in [-0.2, 0) is 25.5 Å². The second-order valence-corrected chi connectivity index (χ2v) is 15.1. The third kappa shape index (κ3) is 9.52. The molecule has 270 valence electrons. The highest BCUT2D eigenvalue weighted by atomic mass is 16.7. The molecule has 0 bridgehead atoms. The number of hydrogen-bond donors (Lipinski definition) is 5. The standard InChI is InChI=1S/C36H62N2O9/c1-11-28-36(8,44)31(41)25(6)37(9)19-21(2)18-35(7,43)32(23(4)29(39)24(5)33(42)46-28)47-34-30(40)27(17-22(3)45-34)38(10)20-26-15-13-12-14-16-26/h12-16,21-25,27-32,34,39-41,43-44H,11,17-20H2,1-10H3/t21-,22-,23+,24-,25-,27+,28-,29+,30-,31-,32-,34+,35+,36-/m1/s1. The SMILES string of the molecule is CC[C@H]1OC(=O)[C@H](C)[C@@H](O)[C@H](C)[C@@H](O[C@@H]2O[C@H](C)C[C@H](N(C)Cc3ccccc3)[C@H]2O)[C@@](C)(O)C[C@@H](C)CN(C)[C@H](C)[C@@H](O)[C@]1(C)O. The number of nitrogens with zero attached hydrogens (tertiary/aromatic N) is 2. The number of ether oxygens (including phenoxy) is 3. The Bertz CT molecular complexity index is 1120. The van der Waals surface area contributed by atoms with E-state index in [-0.39, 0.29) is 30.9 Å². The summed E-state index contributed by atoms with van der Waals surface area (Å²) in [6.07, 6.45) is -6.01. The van der Waals surface area contributed by atoms with E-state index in [2.05, 4.69) is 4.90 Å². The van der Waals surface area contributed by atoms with Crippen LogP contribution in [0.4, 0.5) is 0 Å². The van der Waals surface area contributed by atoms with E-state index in [9.17, 15) is 30.3 Å². The number of benzene rings is 1. The fourth-order valence-electron chi connectivity index (χ4n) is 7.65. The minimum absolute atomic E-state index is 0.117. The lowest BCUT2D eigenvalue weighted by Gasteiger charge is -2.47. The normalized spacial score (nSPS) is 43.6. The monoisotopic (exact) mass is 666 g/mol. The van der Waals surface area contributed by atoms with Crippen LogP contribution in [0.3, 0.4) is 0 Å². The zero-order valence-corrected chi connectivity index (χ0v) is 30.1. The maximum Gasteiger partial charge on any atom is 0.311 e. The van der Waals surface area contributed by atoms with Crippen LogP contribution >= 0.6 is 0 Å². The zero-order chi connectivity index (χ0) is 35.4. The van der Waals surface area contributed by atoms with Crippen LogP contribution in [0.15, 0.2) is 30.3 Å². The topological polar surface area (TPSA) is 152 Å². The van der Waals surface area contributed by atoms with Crippen molar-refractivity contribution in [3.05, 3.63) is 35.9 Å². The van der Waals surface area contributed by atoms with Gasteiger partial charge in [-0.15, -0.1) is 0 Å².